The van der Waals surface area contributed by atoms with Gasteiger partial charge in [0.2, 0.25) is 0 Å². The summed E-state index contributed by atoms with van der Waals surface area (Å²) in [6.07, 6.45) is 2.36. The summed E-state index contributed by atoms with van der Waals surface area (Å²) in [4.78, 5) is 20.4. The molecule has 6 N–H and O–H groups in total. The predicted molar refractivity (Wildman–Crippen MR) is 102 cm³/mol. The number of nitrogens with zero attached hydrogens (tertiary/aromatic N) is 2. The second-order valence-corrected chi connectivity index (χ2v) is 6.42. The lowest BCUT2D eigenvalue weighted by Gasteiger charge is -2.30. The number of nitrogens with one attached hydrogen (secondary N) is 2. The minimum atomic E-state index is -0.633. The smallest absolute Gasteiger partial charge is 0.269 e. The Bertz CT molecular complexity index is 829. The first-order valence-corrected chi connectivity index (χ1v) is 8.65. The summed E-state index contributed by atoms with van der Waals surface area (Å²) in [6, 6.07) is 5.25. The van der Waals surface area contributed by atoms with Gasteiger partial charge in [-0.2, -0.15) is 0 Å². The van der Waals surface area contributed by atoms with E-state index in [4.69, 9.17) is 20.9 Å². The summed E-state index contributed by atoms with van der Waals surface area (Å²) in [5, 5.41) is 6.46. The van der Waals surface area contributed by atoms with Crippen molar-refractivity contribution in [1.82, 2.24) is 9.97 Å². The third kappa shape index (κ3) is 4.63. The highest BCUT2D eigenvalue weighted by molar-refractivity contribution is 5.97. The van der Waals surface area contributed by atoms with Crippen LogP contribution in [-0.2, 0) is 4.74 Å². The van der Waals surface area contributed by atoms with E-state index < -0.39 is 5.91 Å². The number of hydrogen-bond donors (Lipinski definition) is 4. The van der Waals surface area contributed by atoms with Crippen molar-refractivity contribution in [2.24, 2.45) is 11.5 Å². The van der Waals surface area contributed by atoms with Gasteiger partial charge >= 0.3 is 0 Å². The zero-order valence-electron chi connectivity index (χ0n) is 15.4. The van der Waals surface area contributed by atoms with Gasteiger partial charge in [-0.05, 0) is 19.4 Å². The Kier molecular flexibility index (Phi) is 5.72. The molecule has 0 saturated carbocycles. The quantitative estimate of drug-likeness (QED) is 0.593. The molecule has 1 aliphatic heterocycles. The van der Waals surface area contributed by atoms with E-state index in [2.05, 4.69) is 20.6 Å². The molecule has 0 radical (unpaired) electrons. The van der Waals surface area contributed by atoms with Crippen LogP contribution in [0.15, 0.2) is 24.4 Å². The molecular formula is C18H24N6O3. The highest BCUT2D eigenvalue weighted by Crippen LogP contribution is 2.25. The number of amides is 1. The number of aryl methyl sites for hydroxylation is 1. The maximum Gasteiger partial charge on any atom is 0.269 e. The lowest BCUT2D eigenvalue weighted by atomic mass is 10.0. The van der Waals surface area contributed by atoms with Crippen molar-refractivity contribution < 1.29 is 14.3 Å². The molecule has 0 spiro atoms. The standard InChI is InChI=1S/C18H24N6O3/c1-10-5-12(26-2)7-16(22-10)24-15-6-11(8-21-17(15)18(20)25)23-14-3-4-27-9-13(14)19/h5-8,13-14,23H,3-4,9,19H2,1-2H3,(H2,20,25)(H,22,24)/t13-,14+/m0/s1. The Labute approximate surface area is 157 Å². The lowest BCUT2D eigenvalue weighted by Crippen LogP contribution is -2.47. The number of carbonyl (C=O) groups is 1. The number of pyridine rings is 2. The average molecular weight is 372 g/mol. The lowest BCUT2D eigenvalue weighted by molar-refractivity contribution is 0.0752. The second kappa shape index (κ2) is 8.19. The number of rotatable bonds is 6. The van der Waals surface area contributed by atoms with Gasteiger partial charge in [-0.25, -0.2) is 9.97 Å². The number of aromatic nitrogens is 2. The Morgan fingerprint density at radius 2 is 2.19 bits per heavy atom. The molecule has 1 amide bonds. The van der Waals surface area contributed by atoms with Gasteiger partial charge in [0.1, 0.15) is 11.6 Å². The summed E-state index contributed by atoms with van der Waals surface area (Å²) in [5.74, 6) is 0.545. The number of primary amides is 1. The maximum atomic E-state index is 11.8. The topological polar surface area (TPSA) is 137 Å². The molecule has 0 aliphatic carbocycles. The van der Waals surface area contributed by atoms with Crippen LogP contribution in [0, 0.1) is 6.92 Å². The van der Waals surface area contributed by atoms with Gasteiger partial charge in [-0.3, -0.25) is 4.79 Å². The van der Waals surface area contributed by atoms with Crippen molar-refractivity contribution in [2.75, 3.05) is 31.0 Å². The van der Waals surface area contributed by atoms with Crippen LogP contribution < -0.4 is 26.8 Å². The molecule has 144 valence electrons. The van der Waals surface area contributed by atoms with Gasteiger partial charge in [-0.1, -0.05) is 0 Å². The minimum Gasteiger partial charge on any atom is -0.497 e. The van der Waals surface area contributed by atoms with E-state index in [0.717, 1.165) is 17.8 Å². The fourth-order valence-electron chi connectivity index (χ4n) is 2.95. The normalized spacial score (nSPS) is 19.4. The molecule has 1 aliphatic rings. The van der Waals surface area contributed by atoms with Crippen molar-refractivity contribution >= 4 is 23.1 Å². The Balaban J connectivity index is 1.88. The second-order valence-electron chi connectivity index (χ2n) is 6.42. The van der Waals surface area contributed by atoms with Crippen LogP contribution in [0.5, 0.6) is 5.75 Å². The molecule has 0 unspecified atom stereocenters. The molecule has 1 fully saturated rings. The molecule has 0 bridgehead atoms. The predicted octanol–water partition coefficient (Wildman–Crippen LogP) is 1.16. The summed E-state index contributed by atoms with van der Waals surface area (Å²) < 4.78 is 10.6. The molecule has 3 rings (SSSR count). The Hall–Kier alpha value is -2.91. The van der Waals surface area contributed by atoms with Crippen LogP contribution in [0.2, 0.25) is 0 Å². The number of ether oxygens (including phenoxy) is 2. The van der Waals surface area contributed by atoms with Crippen molar-refractivity contribution in [3.05, 3.63) is 35.8 Å². The number of hydrogen-bond acceptors (Lipinski definition) is 8. The number of anilines is 3. The van der Waals surface area contributed by atoms with Gasteiger partial charge in [0.25, 0.3) is 5.91 Å². The highest BCUT2D eigenvalue weighted by Gasteiger charge is 2.23. The van der Waals surface area contributed by atoms with Crippen LogP contribution >= 0.6 is 0 Å². The van der Waals surface area contributed by atoms with E-state index in [1.807, 2.05) is 13.0 Å². The van der Waals surface area contributed by atoms with E-state index in [0.29, 0.717) is 30.5 Å². The average Bonchev–Trinajstić information content (AvgIpc) is 2.63. The van der Waals surface area contributed by atoms with Gasteiger partial charge in [0.05, 0.1) is 31.3 Å². The van der Waals surface area contributed by atoms with Crippen molar-refractivity contribution in [1.29, 1.82) is 0 Å². The van der Waals surface area contributed by atoms with Crippen molar-refractivity contribution in [2.45, 2.75) is 25.4 Å². The summed E-state index contributed by atoms with van der Waals surface area (Å²) in [7, 11) is 1.58. The SMILES string of the molecule is COc1cc(C)nc(Nc2cc(N[C@@H]3CCOC[C@@H]3N)cnc2C(N)=O)c1. The van der Waals surface area contributed by atoms with Gasteiger partial charge in [0.15, 0.2) is 5.69 Å². The molecule has 1 saturated heterocycles. The fourth-order valence-corrected chi connectivity index (χ4v) is 2.95. The molecule has 0 aromatic carbocycles. The van der Waals surface area contributed by atoms with E-state index in [9.17, 15) is 4.79 Å². The first-order chi connectivity index (χ1) is 13.0. The molecule has 2 aromatic heterocycles. The van der Waals surface area contributed by atoms with Crippen molar-refractivity contribution in [3.8, 4) is 5.75 Å². The number of nitrogens with two attached hydrogens (primary N) is 2. The zero-order valence-corrected chi connectivity index (χ0v) is 15.4. The van der Waals surface area contributed by atoms with Crippen LogP contribution in [0.3, 0.4) is 0 Å². The van der Waals surface area contributed by atoms with E-state index in [-0.39, 0.29) is 17.8 Å². The molecule has 2 atom stereocenters. The van der Waals surface area contributed by atoms with Crippen LogP contribution in [0.4, 0.5) is 17.2 Å². The Morgan fingerprint density at radius 3 is 2.89 bits per heavy atom. The number of methoxy groups -OCH3 is 1. The first-order valence-electron chi connectivity index (χ1n) is 8.65. The molecule has 9 heteroatoms. The van der Waals surface area contributed by atoms with Gasteiger partial charge in [-0.15, -0.1) is 0 Å². The fraction of sp³-hybridized carbons (Fsp3) is 0.389. The monoisotopic (exact) mass is 372 g/mol. The van der Waals surface area contributed by atoms with Crippen LogP contribution in [0.1, 0.15) is 22.6 Å². The Morgan fingerprint density at radius 1 is 1.37 bits per heavy atom. The molecule has 9 nitrogen and oxygen atoms in total. The molecular weight excluding hydrogens is 348 g/mol. The number of carbonyl (C=O) groups excluding carboxylic acids is 1. The maximum absolute atomic E-state index is 11.8. The zero-order chi connectivity index (χ0) is 19.4. The summed E-state index contributed by atoms with van der Waals surface area (Å²) in [5.41, 5.74) is 13.6. The third-order valence-electron chi connectivity index (χ3n) is 4.30. The first kappa shape index (κ1) is 18.9. The van der Waals surface area contributed by atoms with E-state index in [1.165, 1.54) is 0 Å². The van der Waals surface area contributed by atoms with Crippen molar-refractivity contribution in [3.63, 3.8) is 0 Å². The molecule has 27 heavy (non-hydrogen) atoms. The largest absolute Gasteiger partial charge is 0.497 e. The van der Waals surface area contributed by atoms with E-state index >= 15 is 0 Å². The van der Waals surface area contributed by atoms with Crippen LogP contribution in [-0.4, -0.2) is 48.3 Å². The third-order valence-corrected chi connectivity index (χ3v) is 4.30. The summed E-state index contributed by atoms with van der Waals surface area (Å²) in [6.45, 7) is 3.00. The molecule has 2 aromatic rings. The highest BCUT2D eigenvalue weighted by atomic mass is 16.5. The summed E-state index contributed by atoms with van der Waals surface area (Å²) >= 11 is 0. The van der Waals surface area contributed by atoms with Gasteiger partial charge in [0, 0.05) is 36.5 Å². The van der Waals surface area contributed by atoms with Gasteiger partial charge < -0.3 is 31.6 Å². The minimum absolute atomic E-state index is 0.0602. The molecule has 3 heterocycles. The van der Waals surface area contributed by atoms with E-state index in [1.54, 1.807) is 25.4 Å². The van der Waals surface area contributed by atoms with Crippen LogP contribution in [0.25, 0.3) is 0 Å².